The van der Waals surface area contributed by atoms with Crippen molar-refractivity contribution in [2.45, 2.75) is 50.0 Å². The summed E-state index contributed by atoms with van der Waals surface area (Å²) in [7, 11) is 0. The van der Waals surface area contributed by atoms with Gasteiger partial charge in [0, 0.05) is 18.3 Å². The predicted molar refractivity (Wildman–Crippen MR) is 159 cm³/mol. The molecule has 1 unspecified atom stereocenters. The molecule has 17 nitrogen and oxygen atoms in total. The number of aliphatic hydroxyl groups is 3. The third kappa shape index (κ3) is 10.2. The highest BCUT2D eigenvalue weighted by Crippen LogP contribution is 2.28. The van der Waals surface area contributed by atoms with Crippen molar-refractivity contribution < 1.29 is 53.4 Å². The Balaban J connectivity index is 1.46. The number of rotatable bonds is 15. The summed E-state index contributed by atoms with van der Waals surface area (Å²) in [6, 6.07) is 6.43. The maximum atomic E-state index is 12.5. The third-order valence-electron chi connectivity index (χ3n) is 6.37. The zero-order valence-electron chi connectivity index (χ0n) is 24.6. The Morgan fingerprint density at radius 1 is 0.978 bits per heavy atom. The molecule has 248 valence electrons. The second-order valence-electron chi connectivity index (χ2n) is 9.72. The first-order valence-electron chi connectivity index (χ1n) is 13.9. The van der Waals surface area contributed by atoms with Crippen molar-refractivity contribution in [2.75, 3.05) is 30.5 Å². The van der Waals surface area contributed by atoms with Gasteiger partial charge >= 0.3 is 23.8 Å². The summed E-state index contributed by atoms with van der Waals surface area (Å²) >= 11 is 0. The number of amides is 3. The van der Waals surface area contributed by atoms with Gasteiger partial charge in [-0.1, -0.05) is 37.4 Å². The van der Waals surface area contributed by atoms with E-state index < -0.39 is 66.9 Å². The number of aromatic nitrogens is 2. The molecule has 46 heavy (non-hydrogen) atoms. The van der Waals surface area contributed by atoms with Gasteiger partial charge in [-0.15, -0.1) is 0 Å². The van der Waals surface area contributed by atoms with Gasteiger partial charge in [0.1, 0.15) is 50.0 Å². The van der Waals surface area contributed by atoms with Crippen LogP contribution in [0.5, 0.6) is 0 Å². The lowest BCUT2D eigenvalue weighted by Crippen LogP contribution is -2.42. The number of aliphatic hydroxyl groups excluding tert-OH is 3. The fraction of sp³-hybridized carbons (Fsp3) is 0.379. The summed E-state index contributed by atoms with van der Waals surface area (Å²) in [5.74, 6) is -1.34. The molecular weight excluding hydrogens is 610 g/mol. The van der Waals surface area contributed by atoms with Crippen molar-refractivity contribution in [1.82, 2.24) is 14.9 Å². The molecule has 3 amide bonds. The molecule has 2 heterocycles. The van der Waals surface area contributed by atoms with Crippen molar-refractivity contribution in [3.63, 3.8) is 0 Å². The smallest absolute Gasteiger partial charge is 0.413 e. The highest BCUT2D eigenvalue weighted by atomic mass is 16.6. The second kappa shape index (κ2) is 17.4. The molecule has 1 aromatic heterocycles. The van der Waals surface area contributed by atoms with E-state index in [-0.39, 0.29) is 38.5 Å². The SMILES string of the molecule is C=CCOC(=O)N[C@@H](CCC(=O)Nc1ccc(COC(=O)Nc2ccn([C@@H]3O[C@H](CO)C(O)[C@H]3O)c(=O)n2)cc1)C(=O)OCC=C. The van der Waals surface area contributed by atoms with Gasteiger partial charge in [-0.05, 0) is 30.2 Å². The van der Waals surface area contributed by atoms with Crippen LogP contribution in [0.3, 0.4) is 0 Å². The third-order valence-corrected chi connectivity index (χ3v) is 6.37. The number of carbonyl (C=O) groups excluding carboxylic acids is 4. The molecule has 0 bridgehead atoms. The monoisotopic (exact) mass is 645 g/mol. The first-order chi connectivity index (χ1) is 22.1. The van der Waals surface area contributed by atoms with Crippen LogP contribution in [0.1, 0.15) is 24.6 Å². The lowest BCUT2D eigenvalue weighted by molar-refractivity contribution is -0.145. The average Bonchev–Trinajstić information content (AvgIpc) is 3.33. The molecule has 1 aliphatic rings. The van der Waals surface area contributed by atoms with Crippen LogP contribution in [0.15, 0.2) is 66.6 Å². The van der Waals surface area contributed by atoms with Crippen LogP contribution in [-0.4, -0.2) is 93.1 Å². The standard InChI is InChI=1S/C29H35N5O12/c1-3-13-43-26(39)19(31-28(41)44-14-4-2)9-10-22(36)30-18-7-5-17(6-8-18)16-45-29(42)33-21-11-12-34(27(40)32-21)25-24(38)23(37)20(15-35)46-25/h3-8,11-12,19-20,23-25,35,37-38H,1-2,9-10,13-16H2,(H,30,36)(H,31,41)(H,32,33,40,42)/t19-,20+,23?,24+,25+/m0/s1. The van der Waals surface area contributed by atoms with E-state index in [4.69, 9.17) is 18.9 Å². The molecular formula is C29H35N5O12. The summed E-state index contributed by atoms with van der Waals surface area (Å²) in [5.41, 5.74) is 0.0881. The number of nitrogens with zero attached hydrogens (tertiary/aromatic N) is 2. The number of hydrogen-bond donors (Lipinski definition) is 6. The topological polar surface area (TPSA) is 237 Å². The van der Waals surface area contributed by atoms with Crippen LogP contribution in [0.2, 0.25) is 0 Å². The zero-order valence-corrected chi connectivity index (χ0v) is 24.6. The maximum absolute atomic E-state index is 12.5. The van der Waals surface area contributed by atoms with E-state index in [0.717, 1.165) is 4.57 Å². The molecule has 1 aromatic carbocycles. The molecule has 17 heteroatoms. The van der Waals surface area contributed by atoms with E-state index in [9.17, 15) is 39.3 Å². The number of carbonyl (C=O) groups is 4. The van der Waals surface area contributed by atoms with Gasteiger partial charge in [-0.25, -0.2) is 19.2 Å². The van der Waals surface area contributed by atoms with Gasteiger partial charge in [-0.3, -0.25) is 14.7 Å². The summed E-state index contributed by atoms with van der Waals surface area (Å²) in [6.07, 6.45) is -3.32. The number of nitrogens with one attached hydrogen (secondary N) is 3. The van der Waals surface area contributed by atoms with Gasteiger partial charge in [0.25, 0.3) is 0 Å². The number of anilines is 2. The fourth-order valence-corrected chi connectivity index (χ4v) is 4.07. The van der Waals surface area contributed by atoms with Gasteiger partial charge in [0.15, 0.2) is 6.23 Å². The van der Waals surface area contributed by atoms with Gasteiger partial charge in [0.2, 0.25) is 5.91 Å². The number of benzene rings is 1. The molecule has 0 spiro atoms. The van der Waals surface area contributed by atoms with Crippen LogP contribution in [0, 0.1) is 0 Å². The molecule has 0 radical (unpaired) electrons. The van der Waals surface area contributed by atoms with E-state index in [1.165, 1.54) is 24.4 Å². The van der Waals surface area contributed by atoms with Crippen molar-refractivity contribution in [3.05, 3.63) is 77.9 Å². The minimum Gasteiger partial charge on any atom is -0.460 e. The lowest BCUT2D eigenvalue weighted by atomic mass is 10.1. The Morgan fingerprint density at radius 2 is 1.67 bits per heavy atom. The largest absolute Gasteiger partial charge is 0.460 e. The number of ether oxygens (including phenoxy) is 4. The second-order valence-corrected chi connectivity index (χ2v) is 9.72. The first kappa shape index (κ1) is 35.4. The van der Waals surface area contributed by atoms with Crippen LogP contribution < -0.4 is 21.6 Å². The highest BCUT2D eigenvalue weighted by Gasteiger charge is 2.43. The number of hydrogen-bond acceptors (Lipinski definition) is 13. The molecule has 6 N–H and O–H groups in total. The molecule has 1 fully saturated rings. The van der Waals surface area contributed by atoms with E-state index in [1.54, 1.807) is 24.3 Å². The van der Waals surface area contributed by atoms with Crippen LogP contribution >= 0.6 is 0 Å². The normalized spacial score (nSPS) is 19.3. The maximum Gasteiger partial charge on any atom is 0.413 e. The molecule has 0 aliphatic carbocycles. The molecule has 5 atom stereocenters. The number of alkyl carbamates (subject to hydrolysis) is 1. The van der Waals surface area contributed by atoms with Gasteiger partial charge in [-0.2, -0.15) is 4.98 Å². The van der Waals surface area contributed by atoms with Crippen LogP contribution in [0.4, 0.5) is 21.1 Å². The number of esters is 1. The zero-order chi connectivity index (χ0) is 33.6. The predicted octanol–water partition coefficient (Wildman–Crippen LogP) is 0.332. The minimum absolute atomic E-state index is 0.0669. The lowest BCUT2D eigenvalue weighted by Gasteiger charge is -2.17. The summed E-state index contributed by atoms with van der Waals surface area (Å²) in [6.45, 7) is 6.02. The quantitative estimate of drug-likeness (QED) is 0.0871. The van der Waals surface area contributed by atoms with Crippen molar-refractivity contribution in [1.29, 1.82) is 0 Å². The highest BCUT2D eigenvalue weighted by molar-refractivity contribution is 5.91. The Labute approximate surface area is 262 Å². The van der Waals surface area contributed by atoms with Crippen LogP contribution in [-0.2, 0) is 35.1 Å². The van der Waals surface area contributed by atoms with E-state index in [2.05, 4.69) is 34.1 Å². The summed E-state index contributed by atoms with van der Waals surface area (Å²) in [5, 5.41) is 36.5. The van der Waals surface area contributed by atoms with E-state index in [1.807, 2.05) is 0 Å². The Bertz CT molecular complexity index is 1450. The molecule has 0 saturated carbocycles. The molecule has 3 rings (SSSR count). The Kier molecular flexibility index (Phi) is 13.4. The van der Waals surface area contributed by atoms with Crippen molar-refractivity contribution >= 4 is 35.6 Å². The summed E-state index contributed by atoms with van der Waals surface area (Å²) < 4.78 is 21.1. The van der Waals surface area contributed by atoms with Crippen molar-refractivity contribution in [3.8, 4) is 0 Å². The first-order valence-corrected chi connectivity index (χ1v) is 13.9. The molecule has 2 aromatic rings. The Hall–Kier alpha value is -5.10. The van der Waals surface area contributed by atoms with Crippen molar-refractivity contribution in [2.24, 2.45) is 0 Å². The minimum atomic E-state index is -1.48. The van der Waals surface area contributed by atoms with Gasteiger partial charge < -0.3 is 44.9 Å². The van der Waals surface area contributed by atoms with E-state index in [0.29, 0.717) is 11.3 Å². The average molecular weight is 646 g/mol. The van der Waals surface area contributed by atoms with Gasteiger partial charge in [0.05, 0.1) is 6.61 Å². The fourth-order valence-electron chi connectivity index (χ4n) is 4.07. The van der Waals surface area contributed by atoms with Crippen LogP contribution in [0.25, 0.3) is 0 Å². The molecule has 1 saturated heterocycles. The van der Waals surface area contributed by atoms with E-state index >= 15 is 0 Å². The summed E-state index contributed by atoms with van der Waals surface area (Å²) in [4.78, 5) is 65.0. The Morgan fingerprint density at radius 3 is 2.30 bits per heavy atom. The molecule has 1 aliphatic heterocycles.